The molecule has 6 nitrogen and oxygen atoms in total. The van der Waals surface area contributed by atoms with Crippen LogP contribution in [-0.4, -0.2) is 29.6 Å². The number of hydrogen-bond donors (Lipinski definition) is 1. The summed E-state index contributed by atoms with van der Waals surface area (Å²) in [4.78, 5) is 23.7. The van der Waals surface area contributed by atoms with Crippen molar-refractivity contribution in [2.24, 2.45) is 5.10 Å². The fourth-order valence-corrected chi connectivity index (χ4v) is 2.50. The Morgan fingerprint density at radius 1 is 1.23 bits per heavy atom. The number of hydrazone groups is 1. The van der Waals surface area contributed by atoms with Gasteiger partial charge in [-0.3, -0.25) is 9.59 Å². The Balaban J connectivity index is 1.63. The van der Waals surface area contributed by atoms with Crippen LogP contribution in [0.1, 0.15) is 18.4 Å². The van der Waals surface area contributed by atoms with Crippen LogP contribution in [0.3, 0.4) is 0 Å². The summed E-state index contributed by atoms with van der Waals surface area (Å²) in [7, 11) is 1.53. The molecule has 0 aromatic heterocycles. The van der Waals surface area contributed by atoms with Gasteiger partial charge in [-0.2, -0.15) is 5.10 Å². The molecule has 2 aromatic carbocycles. The number of ether oxygens (including phenoxy) is 1. The van der Waals surface area contributed by atoms with E-state index in [2.05, 4.69) is 10.4 Å². The van der Waals surface area contributed by atoms with Gasteiger partial charge in [0.05, 0.1) is 0 Å². The maximum Gasteiger partial charge on any atom is 0.271 e. The van der Waals surface area contributed by atoms with Gasteiger partial charge in [0.25, 0.3) is 5.91 Å². The van der Waals surface area contributed by atoms with Gasteiger partial charge in [0.15, 0.2) is 0 Å². The summed E-state index contributed by atoms with van der Waals surface area (Å²) < 4.78 is 18.7. The van der Waals surface area contributed by atoms with Crippen molar-refractivity contribution in [3.8, 4) is 5.75 Å². The SMILES string of the molecule is CN1N=C(C(=O)Nc2cccc(COc3cccc(F)c3)c2)CCC1=O. The Hall–Kier alpha value is -3.22. The normalized spacial score (nSPS) is 14.0. The summed E-state index contributed by atoms with van der Waals surface area (Å²) >= 11 is 0. The summed E-state index contributed by atoms with van der Waals surface area (Å²) in [5.74, 6) is -0.380. The van der Waals surface area contributed by atoms with Crippen LogP contribution in [0.25, 0.3) is 0 Å². The maximum absolute atomic E-state index is 13.2. The fourth-order valence-electron chi connectivity index (χ4n) is 2.50. The highest BCUT2D eigenvalue weighted by Crippen LogP contribution is 2.17. The number of anilines is 1. The highest BCUT2D eigenvalue weighted by molar-refractivity contribution is 6.43. The molecule has 1 N–H and O–H groups in total. The number of carbonyl (C=O) groups is 2. The van der Waals surface area contributed by atoms with Gasteiger partial charge >= 0.3 is 0 Å². The van der Waals surface area contributed by atoms with Gasteiger partial charge < -0.3 is 10.1 Å². The van der Waals surface area contributed by atoms with Crippen molar-refractivity contribution in [2.75, 3.05) is 12.4 Å². The van der Waals surface area contributed by atoms with Gasteiger partial charge in [0.1, 0.15) is 23.9 Å². The third kappa shape index (κ3) is 4.44. The molecule has 7 heteroatoms. The Bertz CT molecular complexity index is 867. The van der Waals surface area contributed by atoms with Crippen molar-refractivity contribution >= 4 is 23.2 Å². The van der Waals surface area contributed by atoms with Crippen molar-refractivity contribution in [1.82, 2.24) is 5.01 Å². The van der Waals surface area contributed by atoms with Gasteiger partial charge in [-0.25, -0.2) is 9.40 Å². The molecule has 2 amide bonds. The van der Waals surface area contributed by atoms with E-state index in [4.69, 9.17) is 4.74 Å². The lowest BCUT2D eigenvalue weighted by atomic mass is 10.1. The Morgan fingerprint density at radius 3 is 2.81 bits per heavy atom. The van der Waals surface area contributed by atoms with Crippen LogP contribution < -0.4 is 10.1 Å². The summed E-state index contributed by atoms with van der Waals surface area (Å²) in [6, 6.07) is 13.1. The molecular formula is C19H18FN3O3. The van der Waals surface area contributed by atoms with Crippen molar-refractivity contribution in [3.63, 3.8) is 0 Å². The third-order valence-electron chi connectivity index (χ3n) is 3.86. The summed E-state index contributed by atoms with van der Waals surface area (Å²) in [5.41, 5.74) is 1.73. The molecule has 1 heterocycles. The van der Waals surface area contributed by atoms with Crippen LogP contribution >= 0.6 is 0 Å². The minimum Gasteiger partial charge on any atom is -0.489 e. The molecule has 2 aromatic rings. The summed E-state index contributed by atoms with van der Waals surface area (Å²) in [6.45, 7) is 0.241. The zero-order valence-electron chi connectivity index (χ0n) is 14.2. The molecule has 1 aliphatic rings. The van der Waals surface area contributed by atoms with Crippen molar-refractivity contribution in [1.29, 1.82) is 0 Å². The van der Waals surface area contributed by atoms with E-state index in [0.717, 1.165) is 5.56 Å². The van der Waals surface area contributed by atoms with Crippen molar-refractivity contribution < 1.29 is 18.7 Å². The molecule has 0 atom stereocenters. The van der Waals surface area contributed by atoms with Crippen LogP contribution in [0.4, 0.5) is 10.1 Å². The molecule has 3 rings (SSSR count). The zero-order valence-corrected chi connectivity index (χ0v) is 14.2. The van der Waals surface area contributed by atoms with Gasteiger partial charge in [0.2, 0.25) is 5.91 Å². The summed E-state index contributed by atoms with van der Waals surface area (Å²) in [5, 5.41) is 7.95. The number of nitrogens with one attached hydrogen (secondary N) is 1. The average molecular weight is 355 g/mol. The molecule has 0 bridgehead atoms. The van der Waals surface area contributed by atoms with Gasteiger partial charge in [-0.1, -0.05) is 18.2 Å². The number of rotatable bonds is 5. The predicted molar refractivity (Wildman–Crippen MR) is 95.2 cm³/mol. The Morgan fingerprint density at radius 2 is 2.04 bits per heavy atom. The van der Waals surface area contributed by atoms with E-state index in [9.17, 15) is 14.0 Å². The van der Waals surface area contributed by atoms with E-state index in [1.807, 2.05) is 6.07 Å². The number of carbonyl (C=O) groups excluding carboxylic acids is 2. The largest absolute Gasteiger partial charge is 0.489 e. The minimum absolute atomic E-state index is 0.113. The quantitative estimate of drug-likeness (QED) is 0.896. The maximum atomic E-state index is 13.2. The molecule has 0 aliphatic carbocycles. The third-order valence-corrected chi connectivity index (χ3v) is 3.86. The van der Waals surface area contributed by atoms with Gasteiger partial charge in [-0.05, 0) is 29.8 Å². The first-order valence-electron chi connectivity index (χ1n) is 8.14. The molecule has 0 unspecified atom stereocenters. The van der Waals surface area contributed by atoms with E-state index in [1.165, 1.54) is 24.2 Å². The van der Waals surface area contributed by atoms with Gasteiger partial charge in [0, 0.05) is 31.6 Å². The number of nitrogens with zero attached hydrogens (tertiary/aromatic N) is 2. The predicted octanol–water partition coefficient (Wildman–Crippen LogP) is 2.95. The molecule has 0 radical (unpaired) electrons. The summed E-state index contributed by atoms with van der Waals surface area (Å²) in [6.07, 6.45) is 0.585. The molecule has 1 aliphatic heterocycles. The monoisotopic (exact) mass is 355 g/mol. The van der Waals surface area contributed by atoms with Crippen LogP contribution in [0, 0.1) is 5.82 Å². The van der Waals surface area contributed by atoms with Crippen LogP contribution in [0.5, 0.6) is 5.75 Å². The number of halogens is 1. The number of amides is 2. The van der Waals surface area contributed by atoms with E-state index < -0.39 is 0 Å². The second-order valence-corrected chi connectivity index (χ2v) is 5.86. The number of benzene rings is 2. The smallest absolute Gasteiger partial charge is 0.271 e. The van der Waals surface area contributed by atoms with E-state index in [1.54, 1.807) is 30.3 Å². The first-order chi connectivity index (χ1) is 12.5. The second-order valence-electron chi connectivity index (χ2n) is 5.86. The first kappa shape index (κ1) is 17.6. The first-order valence-corrected chi connectivity index (χ1v) is 8.14. The average Bonchev–Trinajstić information content (AvgIpc) is 2.62. The van der Waals surface area contributed by atoms with Crippen LogP contribution in [0.2, 0.25) is 0 Å². The Labute approximate surface area is 150 Å². The van der Waals surface area contributed by atoms with Crippen LogP contribution in [-0.2, 0) is 16.2 Å². The lowest BCUT2D eigenvalue weighted by Crippen LogP contribution is -2.34. The van der Waals surface area contributed by atoms with Crippen LogP contribution in [0.15, 0.2) is 53.6 Å². The van der Waals surface area contributed by atoms with Crippen molar-refractivity contribution in [2.45, 2.75) is 19.4 Å². The van der Waals surface area contributed by atoms with E-state index in [0.29, 0.717) is 23.6 Å². The lowest BCUT2D eigenvalue weighted by molar-refractivity contribution is -0.130. The molecule has 0 saturated carbocycles. The topological polar surface area (TPSA) is 71.0 Å². The molecule has 0 saturated heterocycles. The molecule has 26 heavy (non-hydrogen) atoms. The fraction of sp³-hybridized carbons (Fsp3) is 0.211. The van der Waals surface area contributed by atoms with Gasteiger partial charge in [-0.15, -0.1) is 0 Å². The lowest BCUT2D eigenvalue weighted by Gasteiger charge is -2.19. The van der Waals surface area contributed by atoms with Crippen molar-refractivity contribution in [3.05, 3.63) is 59.9 Å². The number of hydrogen-bond acceptors (Lipinski definition) is 4. The minimum atomic E-state index is -0.361. The van der Waals surface area contributed by atoms with E-state index in [-0.39, 0.29) is 30.7 Å². The molecular weight excluding hydrogens is 337 g/mol. The van der Waals surface area contributed by atoms with E-state index >= 15 is 0 Å². The highest BCUT2D eigenvalue weighted by atomic mass is 19.1. The highest BCUT2D eigenvalue weighted by Gasteiger charge is 2.21. The standard InChI is InChI=1S/C19H18FN3O3/c1-23-18(24)9-8-17(22-23)19(25)21-15-6-2-4-13(10-15)12-26-16-7-3-5-14(20)11-16/h2-7,10-11H,8-9,12H2,1H3,(H,21,25). The second kappa shape index (κ2) is 7.77. The molecule has 134 valence electrons. The Kier molecular flexibility index (Phi) is 5.26. The molecule has 0 spiro atoms. The zero-order chi connectivity index (χ0) is 18.5. The molecule has 0 fully saturated rings.